The third kappa shape index (κ3) is 6.92. The molecular formula is C16H25NO3. The number of nitrogens with one attached hydrogen (secondary N) is 1. The van der Waals surface area contributed by atoms with Gasteiger partial charge in [0.2, 0.25) is 5.91 Å². The average molecular weight is 279 g/mol. The number of anilines is 1. The molecule has 0 bridgehead atoms. The largest absolute Gasteiger partial charge is 0.481 e. The van der Waals surface area contributed by atoms with Gasteiger partial charge in [-0.15, -0.1) is 0 Å². The maximum atomic E-state index is 11.4. The van der Waals surface area contributed by atoms with Crippen LogP contribution in [-0.4, -0.2) is 17.0 Å². The van der Waals surface area contributed by atoms with Crippen molar-refractivity contribution in [2.45, 2.75) is 47.5 Å². The summed E-state index contributed by atoms with van der Waals surface area (Å²) in [7, 11) is 0. The topological polar surface area (TPSA) is 66.4 Å². The summed E-state index contributed by atoms with van der Waals surface area (Å²) in [6.07, 6.45) is 1.48. The van der Waals surface area contributed by atoms with Crippen LogP contribution in [0.2, 0.25) is 0 Å². The summed E-state index contributed by atoms with van der Waals surface area (Å²) in [5.41, 5.74) is 3.29. The second kappa shape index (κ2) is 9.13. The molecule has 0 unspecified atom stereocenters. The normalized spacial score (nSPS) is 9.70. The first-order valence-electron chi connectivity index (χ1n) is 6.88. The lowest BCUT2D eigenvalue weighted by Gasteiger charge is -2.09. The van der Waals surface area contributed by atoms with Gasteiger partial charge in [-0.1, -0.05) is 32.9 Å². The molecule has 1 amide bonds. The van der Waals surface area contributed by atoms with Gasteiger partial charge in [0.15, 0.2) is 0 Å². The van der Waals surface area contributed by atoms with Crippen LogP contribution in [0, 0.1) is 19.8 Å². The lowest BCUT2D eigenvalue weighted by atomic mass is 10.1. The van der Waals surface area contributed by atoms with Crippen molar-refractivity contribution in [2.75, 3.05) is 5.32 Å². The molecule has 0 aliphatic carbocycles. The van der Waals surface area contributed by atoms with Crippen LogP contribution < -0.4 is 5.32 Å². The zero-order valence-electron chi connectivity index (χ0n) is 13.0. The Morgan fingerprint density at radius 3 is 2.25 bits per heavy atom. The number of hydrogen-bond donors (Lipinski definition) is 2. The molecule has 0 saturated heterocycles. The van der Waals surface area contributed by atoms with Gasteiger partial charge in [0.1, 0.15) is 0 Å². The lowest BCUT2D eigenvalue weighted by Crippen LogP contribution is -2.11. The Bertz CT molecular complexity index is 453. The van der Waals surface area contributed by atoms with Gasteiger partial charge in [-0.25, -0.2) is 0 Å². The predicted octanol–water partition coefficient (Wildman–Crippen LogP) is 3.77. The number of aliphatic carboxylic acids is 1. The van der Waals surface area contributed by atoms with Gasteiger partial charge in [0.25, 0.3) is 0 Å². The zero-order valence-corrected chi connectivity index (χ0v) is 13.0. The predicted molar refractivity (Wildman–Crippen MR) is 81.9 cm³/mol. The van der Waals surface area contributed by atoms with E-state index in [1.165, 1.54) is 5.56 Å². The third-order valence-corrected chi connectivity index (χ3v) is 2.85. The molecule has 20 heavy (non-hydrogen) atoms. The van der Waals surface area contributed by atoms with Crippen LogP contribution in [0.15, 0.2) is 18.2 Å². The second-order valence-electron chi connectivity index (χ2n) is 5.04. The fourth-order valence-corrected chi connectivity index (χ4v) is 1.33. The Kier molecular flexibility index (Phi) is 8.29. The van der Waals surface area contributed by atoms with Crippen molar-refractivity contribution < 1.29 is 14.7 Å². The SMILES string of the molecule is CC(C)C(=O)O.CCCC(=O)Nc1cccc(C)c1C. The zero-order chi connectivity index (χ0) is 15.7. The first kappa shape index (κ1) is 18.2. The van der Waals surface area contributed by atoms with Gasteiger partial charge in [-0.05, 0) is 37.5 Å². The Morgan fingerprint density at radius 2 is 1.80 bits per heavy atom. The van der Waals surface area contributed by atoms with Crippen molar-refractivity contribution in [3.63, 3.8) is 0 Å². The van der Waals surface area contributed by atoms with Crippen LogP contribution in [0.4, 0.5) is 5.69 Å². The van der Waals surface area contributed by atoms with Gasteiger partial charge >= 0.3 is 5.97 Å². The fraction of sp³-hybridized carbons (Fsp3) is 0.500. The minimum absolute atomic E-state index is 0.0983. The number of benzene rings is 1. The van der Waals surface area contributed by atoms with E-state index in [0.717, 1.165) is 17.7 Å². The second-order valence-corrected chi connectivity index (χ2v) is 5.04. The molecule has 0 spiro atoms. The average Bonchev–Trinajstić information content (AvgIpc) is 2.36. The van der Waals surface area contributed by atoms with E-state index in [9.17, 15) is 9.59 Å². The number of amides is 1. The quantitative estimate of drug-likeness (QED) is 0.881. The van der Waals surface area contributed by atoms with E-state index < -0.39 is 5.97 Å². The highest BCUT2D eigenvalue weighted by molar-refractivity contribution is 5.91. The monoisotopic (exact) mass is 279 g/mol. The minimum Gasteiger partial charge on any atom is -0.481 e. The number of hydrogen-bond acceptors (Lipinski definition) is 2. The first-order chi connectivity index (χ1) is 9.29. The highest BCUT2D eigenvalue weighted by Gasteiger charge is 2.04. The van der Waals surface area contributed by atoms with E-state index in [-0.39, 0.29) is 11.8 Å². The van der Waals surface area contributed by atoms with Crippen molar-refractivity contribution in [3.05, 3.63) is 29.3 Å². The molecule has 112 valence electrons. The maximum absolute atomic E-state index is 11.4. The number of carbonyl (C=O) groups is 2. The van der Waals surface area contributed by atoms with E-state index >= 15 is 0 Å². The summed E-state index contributed by atoms with van der Waals surface area (Å²) in [6, 6.07) is 5.95. The van der Waals surface area contributed by atoms with Gasteiger partial charge < -0.3 is 10.4 Å². The first-order valence-corrected chi connectivity index (χ1v) is 6.88. The van der Waals surface area contributed by atoms with Crippen molar-refractivity contribution in [1.29, 1.82) is 0 Å². The molecule has 2 N–H and O–H groups in total. The van der Waals surface area contributed by atoms with Crippen LogP contribution in [0.1, 0.15) is 44.7 Å². The Labute approximate surface area is 121 Å². The van der Waals surface area contributed by atoms with E-state index in [4.69, 9.17) is 5.11 Å². The van der Waals surface area contributed by atoms with E-state index in [1.807, 2.05) is 39.0 Å². The highest BCUT2D eigenvalue weighted by Crippen LogP contribution is 2.18. The lowest BCUT2D eigenvalue weighted by molar-refractivity contribution is -0.140. The standard InChI is InChI=1S/C12H17NO.C4H8O2/c1-4-6-12(14)13-11-8-5-7-9(2)10(11)3;1-3(2)4(5)6/h5,7-8H,4,6H2,1-3H3,(H,13,14);3H,1-2H3,(H,5,6). The third-order valence-electron chi connectivity index (χ3n) is 2.85. The molecule has 0 aliphatic heterocycles. The number of carboxylic acid groups (broad SMARTS) is 1. The Morgan fingerprint density at radius 1 is 1.25 bits per heavy atom. The van der Waals surface area contributed by atoms with Crippen molar-refractivity contribution >= 4 is 17.6 Å². The molecular weight excluding hydrogens is 254 g/mol. The summed E-state index contributed by atoms with van der Waals surface area (Å²) in [4.78, 5) is 21.1. The van der Waals surface area contributed by atoms with Crippen LogP contribution in [-0.2, 0) is 9.59 Å². The summed E-state index contributed by atoms with van der Waals surface area (Å²) < 4.78 is 0. The molecule has 0 aromatic heterocycles. The van der Waals surface area contributed by atoms with Crippen LogP contribution >= 0.6 is 0 Å². The molecule has 1 aromatic rings. The smallest absolute Gasteiger partial charge is 0.305 e. The van der Waals surface area contributed by atoms with Gasteiger partial charge in [0, 0.05) is 12.1 Å². The van der Waals surface area contributed by atoms with Gasteiger partial charge in [-0.2, -0.15) is 0 Å². The van der Waals surface area contributed by atoms with E-state index in [2.05, 4.69) is 5.32 Å². The van der Waals surface area contributed by atoms with Crippen molar-refractivity contribution in [3.8, 4) is 0 Å². The molecule has 1 rings (SSSR count). The summed E-state index contributed by atoms with van der Waals surface area (Å²) in [5, 5.41) is 10.9. The summed E-state index contributed by atoms with van der Waals surface area (Å²) in [6.45, 7) is 9.36. The molecule has 0 aliphatic rings. The molecule has 4 nitrogen and oxygen atoms in total. The number of rotatable bonds is 4. The molecule has 1 aromatic carbocycles. The fourth-order valence-electron chi connectivity index (χ4n) is 1.33. The van der Waals surface area contributed by atoms with Crippen LogP contribution in [0.25, 0.3) is 0 Å². The molecule has 0 heterocycles. The van der Waals surface area contributed by atoms with E-state index in [0.29, 0.717) is 6.42 Å². The van der Waals surface area contributed by atoms with Gasteiger partial charge in [-0.3, -0.25) is 9.59 Å². The number of aryl methyl sites for hydroxylation is 1. The summed E-state index contributed by atoms with van der Waals surface area (Å²) >= 11 is 0. The maximum Gasteiger partial charge on any atom is 0.305 e. The minimum atomic E-state index is -0.741. The number of carbonyl (C=O) groups excluding carboxylic acids is 1. The molecule has 0 radical (unpaired) electrons. The van der Waals surface area contributed by atoms with Gasteiger partial charge in [0.05, 0.1) is 5.92 Å². The van der Waals surface area contributed by atoms with E-state index in [1.54, 1.807) is 13.8 Å². The molecule has 0 saturated carbocycles. The molecule has 4 heteroatoms. The number of carboxylic acids is 1. The van der Waals surface area contributed by atoms with Crippen LogP contribution in [0.5, 0.6) is 0 Å². The molecule has 0 atom stereocenters. The molecule has 0 fully saturated rings. The van der Waals surface area contributed by atoms with Crippen LogP contribution in [0.3, 0.4) is 0 Å². The summed E-state index contributed by atoms with van der Waals surface area (Å²) in [5.74, 6) is -0.874. The highest BCUT2D eigenvalue weighted by atomic mass is 16.4. The Hall–Kier alpha value is -1.84. The Balaban J connectivity index is 0.000000511. The van der Waals surface area contributed by atoms with Crippen molar-refractivity contribution in [2.24, 2.45) is 5.92 Å². The van der Waals surface area contributed by atoms with Crippen molar-refractivity contribution in [1.82, 2.24) is 0 Å².